The second-order valence-electron chi connectivity index (χ2n) is 5.92. The molecule has 26 heavy (non-hydrogen) atoms. The molecule has 0 spiro atoms. The van der Waals surface area contributed by atoms with Crippen molar-refractivity contribution in [2.45, 2.75) is 18.4 Å². The molecule has 0 bridgehead atoms. The van der Waals surface area contributed by atoms with Crippen LogP contribution >= 0.6 is 0 Å². The number of rotatable bonds is 5. The van der Waals surface area contributed by atoms with E-state index in [4.69, 9.17) is 5.26 Å². The molecule has 7 nitrogen and oxygen atoms in total. The number of urea groups is 1. The molecule has 1 aliphatic rings. The maximum absolute atomic E-state index is 12.4. The lowest BCUT2D eigenvalue weighted by Crippen LogP contribution is -2.44. The summed E-state index contributed by atoms with van der Waals surface area (Å²) < 4.78 is 0. The predicted molar refractivity (Wildman–Crippen MR) is 93.8 cm³/mol. The van der Waals surface area contributed by atoms with Crippen LogP contribution in [-0.4, -0.2) is 17.8 Å². The number of nitriles is 1. The third kappa shape index (κ3) is 3.39. The van der Waals surface area contributed by atoms with Gasteiger partial charge in [0.1, 0.15) is 5.54 Å². The van der Waals surface area contributed by atoms with E-state index in [1.54, 1.807) is 48.5 Å². The van der Waals surface area contributed by atoms with E-state index in [0.29, 0.717) is 16.8 Å². The Morgan fingerprint density at radius 3 is 2.35 bits per heavy atom. The van der Waals surface area contributed by atoms with Crippen molar-refractivity contribution in [3.05, 3.63) is 65.7 Å². The monoisotopic (exact) mass is 348 g/mol. The Bertz CT molecular complexity index is 887. The van der Waals surface area contributed by atoms with Crippen molar-refractivity contribution in [2.75, 3.05) is 5.32 Å². The van der Waals surface area contributed by atoms with Gasteiger partial charge in [-0.05, 0) is 36.2 Å². The SMILES string of the molecule is N#Cc1ccc(NC(=O)CCC2(c3ccccc3)NC(=O)NC2=O)cc1. The highest BCUT2D eigenvalue weighted by molar-refractivity contribution is 6.07. The Labute approximate surface area is 150 Å². The average molecular weight is 348 g/mol. The summed E-state index contributed by atoms with van der Waals surface area (Å²) in [6, 6.07) is 16.7. The first kappa shape index (κ1) is 17.2. The normalized spacial score (nSPS) is 18.6. The third-order valence-electron chi connectivity index (χ3n) is 4.23. The van der Waals surface area contributed by atoms with Gasteiger partial charge in [0.15, 0.2) is 0 Å². The largest absolute Gasteiger partial charge is 0.326 e. The summed E-state index contributed by atoms with van der Waals surface area (Å²) in [6.45, 7) is 0. The quantitative estimate of drug-likeness (QED) is 0.718. The number of nitrogens with one attached hydrogen (secondary N) is 3. The van der Waals surface area contributed by atoms with Gasteiger partial charge in [0, 0.05) is 12.1 Å². The van der Waals surface area contributed by atoms with Crippen LogP contribution < -0.4 is 16.0 Å². The van der Waals surface area contributed by atoms with E-state index in [2.05, 4.69) is 16.0 Å². The molecule has 0 saturated carbocycles. The van der Waals surface area contributed by atoms with Gasteiger partial charge in [0.2, 0.25) is 5.91 Å². The number of nitrogens with zero attached hydrogens (tertiary/aromatic N) is 1. The smallest absolute Gasteiger partial charge is 0.322 e. The molecule has 1 unspecified atom stereocenters. The van der Waals surface area contributed by atoms with Crippen LogP contribution in [0, 0.1) is 11.3 Å². The molecule has 1 atom stereocenters. The number of benzene rings is 2. The fraction of sp³-hybridized carbons (Fsp3) is 0.158. The zero-order valence-corrected chi connectivity index (χ0v) is 13.8. The molecule has 0 aromatic heterocycles. The summed E-state index contributed by atoms with van der Waals surface area (Å²) in [5.74, 6) is -0.765. The molecule has 2 aromatic carbocycles. The summed E-state index contributed by atoms with van der Waals surface area (Å²) in [5.41, 5.74) is 0.411. The van der Waals surface area contributed by atoms with Gasteiger partial charge in [-0.25, -0.2) is 4.79 Å². The van der Waals surface area contributed by atoms with Crippen LogP contribution in [-0.2, 0) is 15.1 Å². The lowest BCUT2D eigenvalue weighted by Gasteiger charge is -2.26. The van der Waals surface area contributed by atoms with Crippen LogP contribution in [0.2, 0.25) is 0 Å². The van der Waals surface area contributed by atoms with Crippen molar-refractivity contribution >= 4 is 23.5 Å². The second-order valence-corrected chi connectivity index (χ2v) is 5.92. The standard InChI is InChI=1S/C19H16N4O3/c20-12-13-6-8-15(9-7-13)21-16(24)10-11-19(14-4-2-1-3-5-14)17(25)22-18(26)23-19/h1-9H,10-11H2,(H,21,24)(H2,22,23,25,26). The summed E-state index contributed by atoms with van der Waals surface area (Å²) in [7, 11) is 0. The Balaban J connectivity index is 1.72. The zero-order chi connectivity index (χ0) is 18.6. The molecule has 4 amide bonds. The number of imide groups is 1. The molecule has 3 N–H and O–H groups in total. The number of carbonyl (C=O) groups excluding carboxylic acids is 3. The van der Waals surface area contributed by atoms with Crippen LogP contribution in [0.3, 0.4) is 0 Å². The van der Waals surface area contributed by atoms with Crippen LogP contribution in [0.4, 0.5) is 10.5 Å². The first-order valence-corrected chi connectivity index (χ1v) is 8.03. The predicted octanol–water partition coefficient (Wildman–Crippen LogP) is 2.01. The van der Waals surface area contributed by atoms with Gasteiger partial charge in [-0.2, -0.15) is 5.26 Å². The van der Waals surface area contributed by atoms with E-state index in [1.165, 1.54) is 0 Å². The number of anilines is 1. The van der Waals surface area contributed by atoms with Crippen LogP contribution in [0.15, 0.2) is 54.6 Å². The van der Waals surface area contributed by atoms with Gasteiger partial charge < -0.3 is 10.6 Å². The Morgan fingerprint density at radius 2 is 1.77 bits per heavy atom. The Kier molecular flexibility index (Phi) is 4.67. The number of hydrogen-bond acceptors (Lipinski definition) is 4. The van der Waals surface area contributed by atoms with Gasteiger partial charge in [-0.3, -0.25) is 14.9 Å². The van der Waals surface area contributed by atoms with Crippen molar-refractivity contribution < 1.29 is 14.4 Å². The van der Waals surface area contributed by atoms with Crippen molar-refractivity contribution in [1.29, 1.82) is 5.26 Å². The highest BCUT2D eigenvalue weighted by atomic mass is 16.2. The zero-order valence-electron chi connectivity index (χ0n) is 13.8. The number of amides is 4. The molecule has 3 rings (SSSR count). The molecule has 7 heteroatoms. The van der Waals surface area contributed by atoms with Crippen molar-refractivity contribution in [3.63, 3.8) is 0 Å². The van der Waals surface area contributed by atoms with E-state index in [-0.39, 0.29) is 18.7 Å². The molecule has 130 valence electrons. The Morgan fingerprint density at radius 1 is 1.08 bits per heavy atom. The molecule has 0 aliphatic carbocycles. The summed E-state index contributed by atoms with van der Waals surface area (Å²) in [5, 5.41) is 16.4. The van der Waals surface area contributed by atoms with E-state index in [1.807, 2.05) is 12.1 Å². The lowest BCUT2D eigenvalue weighted by molar-refractivity contribution is -0.125. The van der Waals surface area contributed by atoms with E-state index < -0.39 is 17.5 Å². The van der Waals surface area contributed by atoms with Crippen molar-refractivity contribution in [1.82, 2.24) is 10.6 Å². The molecule has 1 saturated heterocycles. The highest BCUT2D eigenvalue weighted by Crippen LogP contribution is 2.30. The van der Waals surface area contributed by atoms with Crippen LogP contribution in [0.5, 0.6) is 0 Å². The van der Waals surface area contributed by atoms with E-state index in [9.17, 15) is 14.4 Å². The van der Waals surface area contributed by atoms with E-state index >= 15 is 0 Å². The van der Waals surface area contributed by atoms with Gasteiger partial charge in [-0.15, -0.1) is 0 Å². The first-order valence-electron chi connectivity index (χ1n) is 8.03. The molecular weight excluding hydrogens is 332 g/mol. The molecule has 0 radical (unpaired) electrons. The maximum Gasteiger partial charge on any atom is 0.322 e. The van der Waals surface area contributed by atoms with Crippen molar-refractivity contribution in [2.24, 2.45) is 0 Å². The van der Waals surface area contributed by atoms with Crippen LogP contribution in [0.1, 0.15) is 24.0 Å². The van der Waals surface area contributed by atoms with Gasteiger partial charge in [0.05, 0.1) is 11.6 Å². The highest BCUT2D eigenvalue weighted by Gasteiger charge is 2.47. The number of carbonyl (C=O) groups is 3. The summed E-state index contributed by atoms with van der Waals surface area (Å²) >= 11 is 0. The minimum Gasteiger partial charge on any atom is -0.326 e. The average Bonchev–Trinajstić information content (AvgIpc) is 2.96. The minimum atomic E-state index is -1.26. The second kappa shape index (κ2) is 7.07. The molecule has 2 aromatic rings. The van der Waals surface area contributed by atoms with Crippen LogP contribution in [0.25, 0.3) is 0 Å². The first-order chi connectivity index (χ1) is 12.5. The van der Waals surface area contributed by atoms with Crippen molar-refractivity contribution in [3.8, 4) is 6.07 Å². The van der Waals surface area contributed by atoms with Gasteiger partial charge in [-0.1, -0.05) is 30.3 Å². The van der Waals surface area contributed by atoms with Gasteiger partial charge >= 0.3 is 6.03 Å². The third-order valence-corrected chi connectivity index (χ3v) is 4.23. The lowest BCUT2D eigenvalue weighted by atomic mass is 9.85. The fourth-order valence-electron chi connectivity index (χ4n) is 2.89. The Hall–Kier alpha value is -3.66. The summed E-state index contributed by atoms with van der Waals surface area (Å²) in [4.78, 5) is 36.3. The maximum atomic E-state index is 12.4. The minimum absolute atomic E-state index is 0.0304. The fourth-order valence-corrected chi connectivity index (χ4v) is 2.89. The van der Waals surface area contributed by atoms with Gasteiger partial charge in [0.25, 0.3) is 5.91 Å². The van der Waals surface area contributed by atoms with E-state index in [0.717, 1.165) is 0 Å². The molecule has 1 heterocycles. The molecular formula is C19H16N4O3. The molecule has 1 aliphatic heterocycles. The topological polar surface area (TPSA) is 111 Å². The molecule has 1 fully saturated rings. The summed E-state index contributed by atoms with van der Waals surface area (Å²) in [6.07, 6.45) is 0.152. The number of hydrogen-bond donors (Lipinski definition) is 3.